The van der Waals surface area contributed by atoms with Crippen LogP contribution < -0.4 is 16.0 Å². The van der Waals surface area contributed by atoms with Crippen LogP contribution in [0.1, 0.15) is 17.5 Å². The average molecular weight is 438 g/mol. The highest BCUT2D eigenvalue weighted by molar-refractivity contribution is 5.84. The number of halogens is 3. The fourth-order valence-corrected chi connectivity index (χ4v) is 3.17. The van der Waals surface area contributed by atoms with Crippen molar-refractivity contribution in [1.82, 2.24) is 9.55 Å². The lowest BCUT2D eigenvalue weighted by molar-refractivity contribution is -0.274. The Balaban J connectivity index is 2.13. The first kappa shape index (κ1) is 21.9. The molecule has 0 fully saturated rings. The Kier molecular flexibility index (Phi) is 6.33. The number of hydrogen-bond donors (Lipinski definition) is 2. The van der Waals surface area contributed by atoms with Crippen molar-refractivity contribution in [2.24, 2.45) is 0 Å². The molecule has 0 aliphatic rings. The van der Waals surface area contributed by atoms with Crippen LogP contribution in [0.4, 0.5) is 18.0 Å². The van der Waals surface area contributed by atoms with E-state index in [1.54, 1.807) is 30.3 Å². The van der Waals surface area contributed by atoms with Crippen molar-refractivity contribution in [3.8, 4) is 5.75 Å². The number of H-pyrrole nitrogens is 1. The number of carboxylic acid groups (broad SMARTS) is 1. The number of fused-ring (bicyclic) bond motifs is 1. The van der Waals surface area contributed by atoms with E-state index in [0.717, 1.165) is 10.6 Å². The molecule has 1 aromatic heterocycles. The molecule has 164 valence electrons. The van der Waals surface area contributed by atoms with Gasteiger partial charge in [-0.25, -0.2) is 9.59 Å². The van der Waals surface area contributed by atoms with Gasteiger partial charge in [-0.15, -0.1) is 13.2 Å². The second-order valence-corrected chi connectivity index (χ2v) is 6.53. The van der Waals surface area contributed by atoms with E-state index in [9.17, 15) is 27.6 Å². The first-order valence-electron chi connectivity index (χ1n) is 9.10. The van der Waals surface area contributed by atoms with Crippen molar-refractivity contribution in [3.05, 3.63) is 74.4 Å². The van der Waals surface area contributed by atoms with Gasteiger partial charge in [0.1, 0.15) is 5.75 Å². The Morgan fingerprint density at radius 1 is 1.10 bits per heavy atom. The first-order valence-corrected chi connectivity index (χ1v) is 9.10. The quantitative estimate of drug-likeness (QED) is 0.433. The third-order valence-electron chi connectivity index (χ3n) is 4.42. The minimum Gasteiger partial charge on any atom is -0.450 e. The molecule has 8 nitrogen and oxygen atoms in total. The van der Waals surface area contributed by atoms with E-state index in [2.05, 4.69) is 14.5 Å². The Morgan fingerprint density at radius 2 is 1.81 bits per heavy atom. The smallest absolute Gasteiger partial charge is 0.450 e. The number of rotatable bonds is 7. The fraction of sp³-hybridized carbons (Fsp3) is 0.250. The minimum absolute atomic E-state index is 0.0214. The lowest BCUT2D eigenvalue weighted by atomic mass is 10.00. The van der Waals surface area contributed by atoms with Crippen molar-refractivity contribution in [1.29, 1.82) is 0 Å². The summed E-state index contributed by atoms with van der Waals surface area (Å²) < 4.78 is 48.1. The highest BCUT2D eigenvalue weighted by Gasteiger charge is 2.33. The number of carbonyl (C=O) groups is 1. The highest BCUT2D eigenvalue weighted by atomic mass is 19.4. The van der Waals surface area contributed by atoms with Crippen LogP contribution in [-0.2, 0) is 17.7 Å². The van der Waals surface area contributed by atoms with Gasteiger partial charge >= 0.3 is 18.2 Å². The molecule has 2 aromatic carbocycles. The Hall–Kier alpha value is -3.76. The Morgan fingerprint density at radius 3 is 2.45 bits per heavy atom. The normalized spacial score (nSPS) is 11.5. The summed E-state index contributed by atoms with van der Waals surface area (Å²) in [5, 5.41) is 8.38. The molecular weight excluding hydrogens is 421 g/mol. The molecular formula is C20H17F3N2O6. The number of aromatic nitrogens is 2. The number of benzene rings is 2. The van der Waals surface area contributed by atoms with Gasteiger partial charge in [0, 0.05) is 18.5 Å². The molecule has 0 saturated heterocycles. The maximum atomic E-state index is 13.1. The van der Waals surface area contributed by atoms with Crippen LogP contribution in [0.2, 0.25) is 0 Å². The number of ether oxygens (including phenoxy) is 2. The zero-order chi connectivity index (χ0) is 22.6. The molecule has 0 aliphatic heterocycles. The minimum atomic E-state index is -4.98. The topological polar surface area (TPSA) is 111 Å². The summed E-state index contributed by atoms with van der Waals surface area (Å²) in [6.45, 7) is -0.445. The largest absolute Gasteiger partial charge is 0.573 e. The number of nitrogens with zero attached hydrogens (tertiary/aromatic N) is 1. The zero-order valence-electron chi connectivity index (χ0n) is 15.9. The van der Waals surface area contributed by atoms with E-state index < -0.39 is 29.5 Å². The van der Waals surface area contributed by atoms with Crippen LogP contribution in [0.3, 0.4) is 0 Å². The SMILES string of the molecule is O=C(O)OCCCn1c(=O)[nH]c2ccc(OC(F)(F)F)c(Cc3ccccc3)c2c1=O. The molecule has 0 amide bonds. The summed E-state index contributed by atoms with van der Waals surface area (Å²) in [7, 11) is 0. The molecule has 0 unspecified atom stereocenters. The molecule has 0 radical (unpaired) electrons. The van der Waals surface area contributed by atoms with Crippen LogP contribution in [0.25, 0.3) is 10.9 Å². The van der Waals surface area contributed by atoms with E-state index in [-0.39, 0.29) is 42.5 Å². The van der Waals surface area contributed by atoms with Gasteiger partial charge in [-0.1, -0.05) is 30.3 Å². The summed E-state index contributed by atoms with van der Waals surface area (Å²) in [6.07, 6.45) is -6.51. The predicted molar refractivity (Wildman–Crippen MR) is 103 cm³/mol. The molecule has 0 bridgehead atoms. The van der Waals surface area contributed by atoms with Gasteiger partial charge in [0.15, 0.2) is 0 Å². The molecule has 0 atom stereocenters. The third-order valence-corrected chi connectivity index (χ3v) is 4.42. The number of nitrogens with one attached hydrogen (secondary N) is 1. The van der Waals surface area contributed by atoms with E-state index in [0.29, 0.717) is 5.56 Å². The maximum Gasteiger partial charge on any atom is 0.573 e. The third kappa shape index (κ3) is 5.44. The molecule has 0 saturated carbocycles. The molecule has 0 spiro atoms. The molecule has 3 rings (SSSR count). The molecule has 0 aliphatic carbocycles. The summed E-state index contributed by atoms with van der Waals surface area (Å²) in [5.74, 6) is -0.547. The van der Waals surface area contributed by atoms with Gasteiger partial charge in [0.05, 0.1) is 17.5 Å². The standard InChI is InChI=1S/C20H17F3N2O6/c21-20(22,23)31-15-8-7-14-16(13(15)11-12-5-2-1-3-6-12)17(26)25(18(27)24-14)9-4-10-30-19(28)29/h1-3,5-8H,4,9-11H2,(H,24,27)(H,28,29). The van der Waals surface area contributed by atoms with Gasteiger partial charge in [0.25, 0.3) is 5.56 Å². The Labute approximate surface area is 172 Å². The van der Waals surface area contributed by atoms with Crippen LogP contribution in [0.5, 0.6) is 5.75 Å². The molecule has 3 aromatic rings. The van der Waals surface area contributed by atoms with E-state index in [1.807, 2.05) is 0 Å². The lowest BCUT2D eigenvalue weighted by Crippen LogP contribution is -2.36. The predicted octanol–water partition coefficient (Wildman–Crippen LogP) is 3.26. The van der Waals surface area contributed by atoms with Crippen molar-refractivity contribution >= 4 is 17.1 Å². The van der Waals surface area contributed by atoms with Crippen LogP contribution >= 0.6 is 0 Å². The van der Waals surface area contributed by atoms with Crippen LogP contribution in [-0.4, -0.2) is 33.8 Å². The number of aromatic amines is 1. The highest BCUT2D eigenvalue weighted by Crippen LogP contribution is 2.31. The molecule has 11 heteroatoms. The summed E-state index contributed by atoms with van der Waals surface area (Å²) in [6, 6.07) is 10.7. The summed E-state index contributed by atoms with van der Waals surface area (Å²) in [5.41, 5.74) is -0.920. The molecule has 31 heavy (non-hydrogen) atoms. The van der Waals surface area contributed by atoms with Crippen molar-refractivity contribution in [2.75, 3.05) is 6.61 Å². The second kappa shape index (κ2) is 8.94. The average Bonchev–Trinajstić information content (AvgIpc) is 2.68. The maximum absolute atomic E-state index is 13.1. The Bertz CT molecular complexity index is 1200. The van der Waals surface area contributed by atoms with Crippen molar-refractivity contribution < 1.29 is 32.5 Å². The monoisotopic (exact) mass is 438 g/mol. The van der Waals surface area contributed by atoms with E-state index in [1.165, 1.54) is 6.07 Å². The van der Waals surface area contributed by atoms with Gasteiger partial charge in [-0.05, 0) is 24.1 Å². The van der Waals surface area contributed by atoms with Gasteiger partial charge < -0.3 is 19.6 Å². The lowest BCUT2D eigenvalue weighted by Gasteiger charge is -2.16. The molecule has 2 N–H and O–H groups in total. The van der Waals surface area contributed by atoms with E-state index in [4.69, 9.17) is 5.11 Å². The van der Waals surface area contributed by atoms with Crippen LogP contribution in [0, 0.1) is 0 Å². The zero-order valence-corrected chi connectivity index (χ0v) is 15.9. The van der Waals surface area contributed by atoms with Gasteiger partial charge in [-0.3, -0.25) is 9.36 Å². The van der Waals surface area contributed by atoms with Crippen molar-refractivity contribution in [3.63, 3.8) is 0 Å². The number of alkyl halides is 3. The summed E-state index contributed by atoms with van der Waals surface area (Å²) >= 11 is 0. The number of hydrogen-bond acceptors (Lipinski definition) is 5. The second-order valence-electron chi connectivity index (χ2n) is 6.53. The molecule has 1 heterocycles. The van der Waals surface area contributed by atoms with Crippen molar-refractivity contribution in [2.45, 2.75) is 25.7 Å². The van der Waals surface area contributed by atoms with Crippen LogP contribution in [0.15, 0.2) is 52.1 Å². The van der Waals surface area contributed by atoms with Gasteiger partial charge in [-0.2, -0.15) is 0 Å². The fourth-order valence-electron chi connectivity index (χ4n) is 3.17. The van der Waals surface area contributed by atoms with E-state index >= 15 is 0 Å². The first-order chi connectivity index (χ1) is 14.7. The van der Waals surface area contributed by atoms with Gasteiger partial charge in [0.2, 0.25) is 0 Å². The summed E-state index contributed by atoms with van der Waals surface area (Å²) in [4.78, 5) is 38.3.